The van der Waals surface area contributed by atoms with E-state index in [0.29, 0.717) is 12.0 Å². The number of sulfone groups is 1. The summed E-state index contributed by atoms with van der Waals surface area (Å²) in [6.07, 6.45) is -0.576. The molecule has 1 aliphatic heterocycles. The van der Waals surface area contributed by atoms with E-state index < -0.39 is 33.7 Å². The van der Waals surface area contributed by atoms with E-state index in [1.54, 1.807) is 30.3 Å². The quantitative estimate of drug-likeness (QED) is 0.521. The normalized spacial score (nSPS) is 19.3. The lowest BCUT2D eigenvalue weighted by Gasteiger charge is -2.14. The molecule has 0 spiro atoms. The van der Waals surface area contributed by atoms with Crippen LogP contribution in [0.15, 0.2) is 30.3 Å². The minimum absolute atomic E-state index is 0.0336. The fraction of sp³-hybridized carbons (Fsp3) is 0.438. The van der Waals surface area contributed by atoms with E-state index in [9.17, 15) is 22.8 Å². The number of rotatable bonds is 6. The first kappa shape index (κ1) is 20.2. The molecule has 1 fully saturated rings. The van der Waals surface area contributed by atoms with Crippen molar-refractivity contribution >= 4 is 39.4 Å². The van der Waals surface area contributed by atoms with E-state index in [1.807, 2.05) is 0 Å². The number of nitrogens with one attached hydrogen (secondary N) is 2. The van der Waals surface area contributed by atoms with Crippen molar-refractivity contribution in [3.05, 3.63) is 35.9 Å². The molecule has 10 heteroatoms. The van der Waals surface area contributed by atoms with Crippen molar-refractivity contribution in [1.29, 1.82) is 0 Å². The monoisotopic (exact) mass is 400 g/mol. The maximum absolute atomic E-state index is 11.9. The first-order valence-electron chi connectivity index (χ1n) is 7.93. The third kappa shape index (κ3) is 6.34. The van der Waals surface area contributed by atoms with Gasteiger partial charge in [0.1, 0.15) is 0 Å². The zero-order valence-corrected chi connectivity index (χ0v) is 15.8. The lowest BCUT2D eigenvalue weighted by molar-refractivity contribution is -0.152. The van der Waals surface area contributed by atoms with Gasteiger partial charge in [0.05, 0.1) is 17.3 Å². The van der Waals surface area contributed by atoms with Crippen LogP contribution in [0.3, 0.4) is 0 Å². The Bertz CT molecular complexity index is 766. The van der Waals surface area contributed by atoms with Crippen LogP contribution in [0.1, 0.15) is 23.7 Å². The Kier molecular flexibility index (Phi) is 7.04. The predicted octanol–water partition coefficient (Wildman–Crippen LogP) is 0.300. The van der Waals surface area contributed by atoms with Crippen LogP contribution in [0.2, 0.25) is 0 Å². The van der Waals surface area contributed by atoms with E-state index in [4.69, 9.17) is 4.74 Å². The van der Waals surface area contributed by atoms with Crippen molar-refractivity contribution in [1.82, 2.24) is 10.9 Å². The average Bonchev–Trinajstić information content (AvgIpc) is 2.97. The van der Waals surface area contributed by atoms with E-state index in [1.165, 1.54) is 18.7 Å². The third-order valence-electron chi connectivity index (χ3n) is 3.64. The highest BCUT2D eigenvalue weighted by Crippen LogP contribution is 2.24. The Morgan fingerprint density at radius 1 is 1.23 bits per heavy atom. The Morgan fingerprint density at radius 2 is 1.92 bits per heavy atom. The number of carbonyl (C=O) groups excluding carboxylic acids is 3. The molecule has 1 heterocycles. The number of esters is 1. The van der Waals surface area contributed by atoms with Crippen molar-refractivity contribution in [2.75, 3.05) is 17.3 Å². The van der Waals surface area contributed by atoms with Gasteiger partial charge in [-0.05, 0) is 25.5 Å². The smallest absolute Gasteiger partial charge is 0.316 e. The molecule has 1 aromatic carbocycles. The molecule has 142 valence electrons. The first-order chi connectivity index (χ1) is 12.3. The molecule has 1 saturated heterocycles. The van der Waals surface area contributed by atoms with Crippen LogP contribution in [0.5, 0.6) is 0 Å². The van der Waals surface area contributed by atoms with Gasteiger partial charge in [-0.3, -0.25) is 25.2 Å². The van der Waals surface area contributed by atoms with Gasteiger partial charge in [0.2, 0.25) is 0 Å². The SMILES string of the molecule is C[C@H](OC(=O)CS[C@H]1CCS(=O)(=O)C1)C(=O)NNC(=O)c1ccccc1. The van der Waals surface area contributed by atoms with Crippen LogP contribution in [-0.2, 0) is 24.2 Å². The summed E-state index contributed by atoms with van der Waals surface area (Å²) in [7, 11) is -3.00. The summed E-state index contributed by atoms with van der Waals surface area (Å²) < 4.78 is 27.7. The molecule has 2 amide bonds. The molecule has 0 saturated carbocycles. The Morgan fingerprint density at radius 3 is 2.54 bits per heavy atom. The molecule has 1 aromatic rings. The van der Waals surface area contributed by atoms with Crippen molar-refractivity contribution < 1.29 is 27.5 Å². The minimum atomic E-state index is -3.00. The van der Waals surface area contributed by atoms with Gasteiger partial charge < -0.3 is 4.74 Å². The number of thioether (sulfide) groups is 1. The second-order valence-electron chi connectivity index (χ2n) is 5.78. The second kappa shape index (κ2) is 9.04. The van der Waals surface area contributed by atoms with Crippen molar-refractivity contribution in [2.24, 2.45) is 0 Å². The van der Waals surface area contributed by atoms with Crippen LogP contribution in [-0.4, -0.2) is 54.8 Å². The Labute approximate surface area is 155 Å². The summed E-state index contributed by atoms with van der Waals surface area (Å²) in [6.45, 7) is 1.38. The summed E-state index contributed by atoms with van der Waals surface area (Å²) in [4.78, 5) is 35.5. The van der Waals surface area contributed by atoms with Gasteiger partial charge in [-0.1, -0.05) is 18.2 Å². The van der Waals surface area contributed by atoms with Gasteiger partial charge in [-0.2, -0.15) is 0 Å². The third-order valence-corrected chi connectivity index (χ3v) is 6.90. The summed E-state index contributed by atoms with van der Waals surface area (Å²) in [5.41, 5.74) is 4.80. The Balaban J connectivity index is 1.69. The zero-order chi connectivity index (χ0) is 19.2. The van der Waals surface area contributed by atoms with Crippen LogP contribution < -0.4 is 10.9 Å². The van der Waals surface area contributed by atoms with Crippen molar-refractivity contribution in [3.63, 3.8) is 0 Å². The van der Waals surface area contributed by atoms with E-state index in [2.05, 4.69) is 10.9 Å². The molecule has 8 nitrogen and oxygen atoms in total. The molecular formula is C16H20N2O6S2. The predicted molar refractivity (Wildman–Crippen MR) is 97.1 cm³/mol. The van der Waals surface area contributed by atoms with Gasteiger partial charge >= 0.3 is 5.97 Å². The molecule has 1 aliphatic rings. The van der Waals surface area contributed by atoms with Crippen molar-refractivity contribution in [2.45, 2.75) is 24.7 Å². The standard InChI is InChI=1S/C16H20N2O6S2/c1-11(15(20)17-18-16(21)12-5-3-2-4-6-12)24-14(19)9-25-13-7-8-26(22,23)10-13/h2-6,11,13H,7-10H2,1H3,(H,17,20)(H,18,21)/t11-,13-/m0/s1. The number of benzene rings is 1. The van der Waals surface area contributed by atoms with Gasteiger partial charge in [0.15, 0.2) is 15.9 Å². The molecule has 0 radical (unpaired) electrons. The molecule has 0 bridgehead atoms. The second-order valence-corrected chi connectivity index (χ2v) is 9.29. The first-order valence-corrected chi connectivity index (χ1v) is 10.8. The molecule has 26 heavy (non-hydrogen) atoms. The summed E-state index contributed by atoms with van der Waals surface area (Å²) in [5, 5.41) is -0.123. The number of hydrogen-bond acceptors (Lipinski definition) is 7. The lowest BCUT2D eigenvalue weighted by atomic mass is 10.2. The number of hydrogen-bond donors (Lipinski definition) is 2. The van der Waals surface area contributed by atoms with Gasteiger partial charge in [0.25, 0.3) is 11.8 Å². The highest BCUT2D eigenvalue weighted by atomic mass is 32.2. The molecule has 2 N–H and O–H groups in total. The highest BCUT2D eigenvalue weighted by molar-refractivity contribution is 8.02. The van der Waals surface area contributed by atoms with Crippen molar-refractivity contribution in [3.8, 4) is 0 Å². The minimum Gasteiger partial charge on any atom is -0.452 e. The topological polar surface area (TPSA) is 119 Å². The molecular weight excluding hydrogens is 380 g/mol. The molecule has 0 unspecified atom stereocenters. The molecule has 0 aromatic heterocycles. The van der Waals surface area contributed by atoms with E-state index >= 15 is 0 Å². The highest BCUT2D eigenvalue weighted by Gasteiger charge is 2.29. The number of carbonyl (C=O) groups is 3. The summed E-state index contributed by atoms with van der Waals surface area (Å²) in [5.74, 6) is -1.61. The number of ether oxygens (including phenoxy) is 1. The number of amides is 2. The maximum atomic E-state index is 11.9. The summed E-state index contributed by atoms with van der Waals surface area (Å²) >= 11 is 1.21. The van der Waals surface area contributed by atoms with Crippen LogP contribution in [0.4, 0.5) is 0 Å². The summed E-state index contributed by atoms with van der Waals surface area (Å²) in [6, 6.07) is 8.31. The fourth-order valence-electron chi connectivity index (χ4n) is 2.24. The molecule has 0 aliphatic carbocycles. The van der Waals surface area contributed by atoms with Gasteiger partial charge in [0, 0.05) is 10.8 Å². The van der Waals surface area contributed by atoms with E-state index in [-0.39, 0.29) is 22.5 Å². The average molecular weight is 400 g/mol. The fourth-order valence-corrected chi connectivity index (χ4v) is 5.67. The molecule has 2 atom stereocenters. The largest absolute Gasteiger partial charge is 0.452 e. The maximum Gasteiger partial charge on any atom is 0.316 e. The Hall–Kier alpha value is -2.07. The van der Waals surface area contributed by atoms with Crippen LogP contribution >= 0.6 is 11.8 Å². The zero-order valence-electron chi connectivity index (χ0n) is 14.1. The lowest BCUT2D eigenvalue weighted by Crippen LogP contribution is -2.46. The molecule has 2 rings (SSSR count). The van der Waals surface area contributed by atoms with Gasteiger partial charge in [-0.25, -0.2) is 8.42 Å². The number of hydrazine groups is 1. The van der Waals surface area contributed by atoms with E-state index in [0.717, 1.165) is 0 Å². The van der Waals surface area contributed by atoms with Crippen LogP contribution in [0.25, 0.3) is 0 Å². The van der Waals surface area contributed by atoms with Crippen LogP contribution in [0, 0.1) is 0 Å². The van der Waals surface area contributed by atoms with Gasteiger partial charge in [-0.15, -0.1) is 11.8 Å².